The van der Waals surface area contributed by atoms with Crippen molar-refractivity contribution in [1.29, 1.82) is 0 Å². The van der Waals surface area contributed by atoms with E-state index in [-0.39, 0.29) is 12.5 Å². The van der Waals surface area contributed by atoms with Crippen molar-refractivity contribution in [3.63, 3.8) is 0 Å². The molecule has 0 saturated heterocycles. The number of halogens is 1. The summed E-state index contributed by atoms with van der Waals surface area (Å²) >= 11 is 5.70. The summed E-state index contributed by atoms with van der Waals surface area (Å²) in [5, 5.41) is 3.13. The fraction of sp³-hybridized carbons (Fsp3) is 0.222. The SMILES string of the molecule is COCC(=O)Nc1ccc(Cl)cc1N. The lowest BCUT2D eigenvalue weighted by atomic mass is 10.2. The van der Waals surface area contributed by atoms with E-state index in [1.54, 1.807) is 18.2 Å². The van der Waals surface area contributed by atoms with Crippen LogP contribution in [-0.2, 0) is 9.53 Å². The molecule has 5 heteroatoms. The van der Waals surface area contributed by atoms with Crippen molar-refractivity contribution in [3.05, 3.63) is 23.2 Å². The maximum absolute atomic E-state index is 11.1. The second-order valence-corrected chi connectivity index (χ2v) is 3.15. The van der Waals surface area contributed by atoms with E-state index >= 15 is 0 Å². The zero-order valence-corrected chi connectivity index (χ0v) is 8.47. The molecule has 0 aromatic heterocycles. The molecule has 0 radical (unpaired) electrons. The third-order valence-corrected chi connectivity index (χ3v) is 1.80. The van der Waals surface area contributed by atoms with Gasteiger partial charge in [0.15, 0.2) is 0 Å². The molecule has 76 valence electrons. The number of nitrogen functional groups attached to an aromatic ring is 1. The van der Waals surface area contributed by atoms with Crippen molar-refractivity contribution < 1.29 is 9.53 Å². The first kappa shape index (κ1) is 10.8. The molecule has 0 aliphatic rings. The fourth-order valence-electron chi connectivity index (χ4n) is 0.965. The van der Waals surface area contributed by atoms with Crippen molar-refractivity contribution in [2.24, 2.45) is 0 Å². The highest BCUT2D eigenvalue weighted by Gasteiger charge is 2.04. The third kappa shape index (κ3) is 2.90. The highest BCUT2D eigenvalue weighted by Crippen LogP contribution is 2.22. The largest absolute Gasteiger partial charge is 0.397 e. The number of nitrogens with one attached hydrogen (secondary N) is 1. The van der Waals surface area contributed by atoms with Crippen LogP contribution in [0.5, 0.6) is 0 Å². The molecule has 3 N–H and O–H groups in total. The average molecular weight is 215 g/mol. The number of ether oxygens (including phenoxy) is 1. The van der Waals surface area contributed by atoms with Gasteiger partial charge in [-0.15, -0.1) is 0 Å². The topological polar surface area (TPSA) is 64.3 Å². The van der Waals surface area contributed by atoms with Crippen LogP contribution < -0.4 is 11.1 Å². The van der Waals surface area contributed by atoms with E-state index in [9.17, 15) is 4.79 Å². The summed E-state index contributed by atoms with van der Waals surface area (Å²) in [6.07, 6.45) is 0. The molecule has 0 unspecified atom stereocenters. The Bertz CT molecular complexity index is 342. The van der Waals surface area contributed by atoms with Gasteiger partial charge in [-0.1, -0.05) is 11.6 Å². The number of nitrogens with two attached hydrogens (primary N) is 1. The Morgan fingerprint density at radius 3 is 2.93 bits per heavy atom. The summed E-state index contributed by atoms with van der Waals surface area (Å²) in [5.74, 6) is -0.249. The van der Waals surface area contributed by atoms with Crippen molar-refractivity contribution in [1.82, 2.24) is 0 Å². The van der Waals surface area contributed by atoms with Crippen LogP contribution >= 0.6 is 11.6 Å². The van der Waals surface area contributed by atoms with Crippen LogP contribution in [0.1, 0.15) is 0 Å². The van der Waals surface area contributed by atoms with Crippen molar-refractivity contribution in [3.8, 4) is 0 Å². The van der Waals surface area contributed by atoms with E-state index < -0.39 is 0 Å². The summed E-state index contributed by atoms with van der Waals surface area (Å²) < 4.78 is 4.66. The summed E-state index contributed by atoms with van der Waals surface area (Å²) in [4.78, 5) is 11.1. The van der Waals surface area contributed by atoms with Gasteiger partial charge in [-0.25, -0.2) is 0 Å². The third-order valence-electron chi connectivity index (χ3n) is 1.56. The minimum atomic E-state index is -0.249. The van der Waals surface area contributed by atoms with Gasteiger partial charge < -0.3 is 15.8 Å². The van der Waals surface area contributed by atoms with Crippen molar-refractivity contribution in [2.45, 2.75) is 0 Å². The predicted molar refractivity (Wildman–Crippen MR) is 56.4 cm³/mol. The van der Waals surface area contributed by atoms with Crippen LogP contribution in [0.25, 0.3) is 0 Å². The smallest absolute Gasteiger partial charge is 0.250 e. The second kappa shape index (κ2) is 4.83. The van der Waals surface area contributed by atoms with Gasteiger partial charge in [0.25, 0.3) is 0 Å². The first-order chi connectivity index (χ1) is 6.63. The summed E-state index contributed by atoms with van der Waals surface area (Å²) in [6.45, 7) is 0.00205. The van der Waals surface area contributed by atoms with E-state index in [4.69, 9.17) is 17.3 Å². The molecule has 4 nitrogen and oxygen atoms in total. The van der Waals surface area contributed by atoms with Crippen LogP contribution in [0.3, 0.4) is 0 Å². The van der Waals surface area contributed by atoms with Crippen LogP contribution in [0.4, 0.5) is 11.4 Å². The van der Waals surface area contributed by atoms with Gasteiger partial charge >= 0.3 is 0 Å². The Hall–Kier alpha value is -1.26. The molecule has 0 aliphatic carbocycles. The zero-order chi connectivity index (χ0) is 10.6. The Morgan fingerprint density at radius 1 is 1.64 bits per heavy atom. The molecule has 0 aliphatic heterocycles. The first-order valence-electron chi connectivity index (χ1n) is 3.97. The summed E-state index contributed by atoms with van der Waals surface area (Å²) in [6, 6.07) is 4.87. The lowest BCUT2D eigenvalue weighted by molar-refractivity contribution is -0.119. The second-order valence-electron chi connectivity index (χ2n) is 2.71. The number of amides is 1. The number of hydrogen-bond acceptors (Lipinski definition) is 3. The molecular formula is C9H11ClN2O2. The minimum absolute atomic E-state index is 0.00205. The minimum Gasteiger partial charge on any atom is -0.397 e. The lowest BCUT2D eigenvalue weighted by Gasteiger charge is -2.07. The maximum atomic E-state index is 11.1. The average Bonchev–Trinajstić information content (AvgIpc) is 2.10. The predicted octanol–water partition coefficient (Wildman–Crippen LogP) is 1.51. The molecule has 0 heterocycles. The zero-order valence-electron chi connectivity index (χ0n) is 7.71. The van der Waals surface area contributed by atoms with E-state index in [0.29, 0.717) is 16.4 Å². The Kier molecular flexibility index (Phi) is 3.73. The highest BCUT2D eigenvalue weighted by molar-refractivity contribution is 6.31. The van der Waals surface area contributed by atoms with E-state index in [1.807, 2.05) is 0 Å². The summed E-state index contributed by atoms with van der Waals surface area (Å²) in [7, 11) is 1.45. The molecular weight excluding hydrogens is 204 g/mol. The molecule has 0 spiro atoms. The number of hydrogen-bond donors (Lipinski definition) is 2. The molecule has 0 atom stereocenters. The number of carbonyl (C=O) groups is 1. The highest BCUT2D eigenvalue weighted by atomic mass is 35.5. The van der Waals surface area contributed by atoms with E-state index in [0.717, 1.165) is 0 Å². The fourth-order valence-corrected chi connectivity index (χ4v) is 1.15. The molecule has 1 aromatic rings. The van der Waals surface area contributed by atoms with Crippen molar-refractivity contribution in [2.75, 3.05) is 24.8 Å². The van der Waals surface area contributed by atoms with E-state index in [2.05, 4.69) is 10.1 Å². The standard InChI is InChI=1S/C9H11ClN2O2/c1-14-5-9(13)12-8-3-2-6(10)4-7(8)11/h2-4H,5,11H2,1H3,(H,12,13). The van der Waals surface area contributed by atoms with Gasteiger partial charge in [0.1, 0.15) is 6.61 Å². The van der Waals surface area contributed by atoms with Crippen LogP contribution in [0.2, 0.25) is 5.02 Å². The van der Waals surface area contributed by atoms with Gasteiger partial charge in [-0.2, -0.15) is 0 Å². The number of anilines is 2. The number of benzene rings is 1. The van der Waals surface area contributed by atoms with Crippen LogP contribution in [0, 0.1) is 0 Å². The molecule has 14 heavy (non-hydrogen) atoms. The molecule has 1 aromatic carbocycles. The van der Waals surface area contributed by atoms with Gasteiger partial charge in [0, 0.05) is 12.1 Å². The van der Waals surface area contributed by atoms with Crippen molar-refractivity contribution >= 4 is 28.9 Å². The number of methoxy groups -OCH3 is 1. The Balaban J connectivity index is 2.72. The monoisotopic (exact) mass is 214 g/mol. The molecule has 0 saturated carbocycles. The van der Waals surface area contributed by atoms with Crippen LogP contribution in [-0.4, -0.2) is 19.6 Å². The van der Waals surface area contributed by atoms with E-state index in [1.165, 1.54) is 7.11 Å². The normalized spacial score (nSPS) is 9.86. The molecule has 1 rings (SSSR count). The van der Waals surface area contributed by atoms with Gasteiger partial charge in [-0.3, -0.25) is 4.79 Å². The van der Waals surface area contributed by atoms with Crippen LogP contribution in [0.15, 0.2) is 18.2 Å². The molecule has 0 bridgehead atoms. The Morgan fingerprint density at radius 2 is 2.36 bits per heavy atom. The Labute approximate surface area is 87.0 Å². The number of rotatable bonds is 3. The van der Waals surface area contributed by atoms with Gasteiger partial charge in [-0.05, 0) is 18.2 Å². The summed E-state index contributed by atoms with van der Waals surface area (Å²) in [5.41, 5.74) is 6.60. The quantitative estimate of drug-likeness (QED) is 0.750. The number of carbonyl (C=O) groups excluding carboxylic acids is 1. The molecule has 1 amide bonds. The van der Waals surface area contributed by atoms with Gasteiger partial charge in [0.2, 0.25) is 5.91 Å². The molecule has 0 fully saturated rings. The first-order valence-corrected chi connectivity index (χ1v) is 4.35. The van der Waals surface area contributed by atoms with Gasteiger partial charge in [0.05, 0.1) is 11.4 Å². The maximum Gasteiger partial charge on any atom is 0.250 e. The lowest BCUT2D eigenvalue weighted by Crippen LogP contribution is -2.17.